The number of methoxy groups -OCH3 is 1. The number of hydrogen-bond acceptors (Lipinski definition) is 9. The summed E-state index contributed by atoms with van der Waals surface area (Å²) in [5, 5.41) is 7.77. The number of esters is 1. The Morgan fingerprint density at radius 2 is 1.86 bits per heavy atom. The number of rotatable bonds is 10. The van der Waals surface area contributed by atoms with Gasteiger partial charge in [-0.05, 0) is 72.3 Å². The first-order chi connectivity index (χ1) is 21.4. The van der Waals surface area contributed by atoms with Crippen molar-refractivity contribution in [2.45, 2.75) is 33.2 Å². The predicted octanol–water partition coefficient (Wildman–Crippen LogP) is 5.45. The number of nitrogens with one attached hydrogen (secondary N) is 2. The van der Waals surface area contributed by atoms with Gasteiger partial charge in [-0.25, -0.2) is 9.78 Å². The molecule has 0 saturated heterocycles. The van der Waals surface area contributed by atoms with Crippen LogP contribution in [0.1, 0.15) is 62.7 Å². The van der Waals surface area contributed by atoms with Crippen molar-refractivity contribution in [1.82, 2.24) is 10.3 Å². The minimum atomic E-state index is -0.746. The SMILES string of the molecule is CCCNC(=O)c1ccc(-c2cc3c(cc2C(=O)Nc2ccc(CN)cc2OCC)-c2sccc2CCO3)c(C(=O)OC)n1. The Morgan fingerprint density at radius 1 is 1.02 bits per heavy atom. The summed E-state index contributed by atoms with van der Waals surface area (Å²) in [4.78, 5) is 45.3. The molecule has 11 heteroatoms. The van der Waals surface area contributed by atoms with Crippen molar-refractivity contribution < 1.29 is 28.6 Å². The zero-order chi connectivity index (χ0) is 31.2. The van der Waals surface area contributed by atoms with Gasteiger partial charge in [-0.15, -0.1) is 11.3 Å². The summed E-state index contributed by atoms with van der Waals surface area (Å²) in [6.45, 7) is 5.42. The molecule has 2 aromatic carbocycles. The third kappa shape index (κ3) is 6.29. The Balaban J connectivity index is 1.68. The van der Waals surface area contributed by atoms with Crippen molar-refractivity contribution in [1.29, 1.82) is 0 Å². The van der Waals surface area contributed by atoms with Crippen LogP contribution in [0, 0.1) is 0 Å². The lowest BCUT2D eigenvalue weighted by atomic mass is 9.93. The largest absolute Gasteiger partial charge is 0.493 e. The van der Waals surface area contributed by atoms with Crippen LogP contribution < -0.4 is 25.8 Å². The fourth-order valence-electron chi connectivity index (χ4n) is 4.97. The quantitative estimate of drug-likeness (QED) is 0.200. The lowest BCUT2D eigenvalue weighted by Gasteiger charge is -2.18. The topological polar surface area (TPSA) is 142 Å². The van der Waals surface area contributed by atoms with Crippen molar-refractivity contribution in [3.8, 4) is 33.1 Å². The minimum absolute atomic E-state index is 0.0594. The number of benzene rings is 2. The van der Waals surface area contributed by atoms with Crippen molar-refractivity contribution in [2.75, 3.05) is 32.2 Å². The van der Waals surface area contributed by atoms with Gasteiger partial charge in [0.25, 0.3) is 11.8 Å². The first-order valence-corrected chi connectivity index (χ1v) is 15.3. The second-order valence-electron chi connectivity index (χ2n) is 10.0. The molecule has 4 aromatic rings. The fourth-order valence-corrected chi connectivity index (χ4v) is 5.95. The first kappa shape index (κ1) is 30.7. The molecule has 10 nitrogen and oxygen atoms in total. The van der Waals surface area contributed by atoms with Crippen molar-refractivity contribution >= 4 is 34.8 Å². The van der Waals surface area contributed by atoms with Gasteiger partial charge in [-0.1, -0.05) is 13.0 Å². The number of hydrogen-bond donors (Lipinski definition) is 3. The molecule has 44 heavy (non-hydrogen) atoms. The number of carbonyl (C=O) groups excluding carboxylic acids is 3. The molecule has 2 aromatic heterocycles. The Bertz CT molecular complexity index is 1720. The molecule has 3 heterocycles. The van der Waals surface area contributed by atoms with Gasteiger partial charge < -0.3 is 30.6 Å². The molecule has 0 unspecified atom stereocenters. The molecule has 0 saturated carbocycles. The van der Waals surface area contributed by atoms with Crippen LogP contribution in [0.15, 0.2) is 53.9 Å². The maximum atomic E-state index is 14.2. The van der Waals surface area contributed by atoms with Gasteiger partial charge in [0.2, 0.25) is 0 Å². The summed E-state index contributed by atoms with van der Waals surface area (Å²) in [5.74, 6) is -0.540. The molecular weight excluding hydrogens is 580 g/mol. The van der Waals surface area contributed by atoms with E-state index in [0.29, 0.717) is 61.0 Å². The van der Waals surface area contributed by atoms with Crippen molar-refractivity contribution in [3.05, 3.63) is 82.0 Å². The average molecular weight is 615 g/mol. The highest BCUT2D eigenvalue weighted by atomic mass is 32.1. The number of anilines is 1. The Labute approximate surface area is 259 Å². The number of pyridine rings is 1. The highest BCUT2D eigenvalue weighted by Crippen LogP contribution is 2.43. The molecule has 2 amide bonds. The minimum Gasteiger partial charge on any atom is -0.493 e. The van der Waals surface area contributed by atoms with Crippen molar-refractivity contribution in [2.24, 2.45) is 5.73 Å². The molecule has 0 aliphatic carbocycles. The highest BCUT2D eigenvalue weighted by molar-refractivity contribution is 7.13. The van der Waals surface area contributed by atoms with Crippen LogP contribution in [-0.2, 0) is 17.7 Å². The van der Waals surface area contributed by atoms with Gasteiger partial charge in [0.1, 0.15) is 17.2 Å². The van der Waals surface area contributed by atoms with E-state index in [1.165, 1.54) is 13.2 Å². The van der Waals surface area contributed by atoms with E-state index in [0.717, 1.165) is 28.0 Å². The Kier molecular flexibility index (Phi) is 9.56. The summed E-state index contributed by atoms with van der Waals surface area (Å²) in [6.07, 6.45) is 1.46. The third-order valence-corrected chi connectivity index (χ3v) is 8.14. The van der Waals surface area contributed by atoms with Gasteiger partial charge in [-0.2, -0.15) is 0 Å². The molecule has 228 valence electrons. The zero-order valence-electron chi connectivity index (χ0n) is 24.8. The van der Waals surface area contributed by atoms with Crippen LogP contribution in [0.5, 0.6) is 11.5 Å². The fraction of sp³-hybridized carbons (Fsp3) is 0.273. The lowest BCUT2D eigenvalue weighted by molar-refractivity contribution is 0.0594. The van der Waals surface area contributed by atoms with Crippen LogP contribution in [-0.4, -0.2) is 49.6 Å². The predicted molar refractivity (Wildman–Crippen MR) is 170 cm³/mol. The molecular formula is C33H34N4O6S. The maximum absolute atomic E-state index is 14.2. The monoisotopic (exact) mass is 614 g/mol. The van der Waals surface area contributed by atoms with Crippen molar-refractivity contribution in [3.63, 3.8) is 0 Å². The molecule has 4 N–H and O–H groups in total. The van der Waals surface area contributed by atoms with Crippen LogP contribution in [0.4, 0.5) is 5.69 Å². The zero-order valence-corrected chi connectivity index (χ0v) is 25.6. The summed E-state index contributed by atoms with van der Waals surface area (Å²) in [6, 6.07) is 14.1. The maximum Gasteiger partial charge on any atom is 0.357 e. The van der Waals surface area contributed by atoms with E-state index in [1.807, 2.05) is 25.3 Å². The standard InChI is InChI=1S/C33H34N4O6S/c1-4-12-35-32(39)26-9-7-21(29(36-26)33(40)41-3)22-17-27-24(30-20(10-13-43-27)11-14-44-30)16-23(22)31(38)37-25-8-6-19(18-34)15-28(25)42-5-2/h6-9,11,14-17H,4-5,10,12-13,18,34H2,1-3H3,(H,35,39)(H,37,38). The number of thiophene rings is 1. The van der Waals surface area contributed by atoms with Gasteiger partial charge in [0.05, 0.1) is 26.0 Å². The lowest BCUT2D eigenvalue weighted by Crippen LogP contribution is -2.26. The molecule has 0 spiro atoms. The number of nitrogens with two attached hydrogens (primary N) is 1. The number of aromatic nitrogens is 1. The van der Waals surface area contributed by atoms with E-state index < -0.39 is 17.8 Å². The van der Waals surface area contributed by atoms with E-state index in [1.54, 1.807) is 41.7 Å². The molecule has 0 radical (unpaired) electrons. The summed E-state index contributed by atoms with van der Waals surface area (Å²) in [7, 11) is 1.24. The van der Waals surface area contributed by atoms with Crippen LogP contribution in [0.3, 0.4) is 0 Å². The number of ether oxygens (including phenoxy) is 3. The Hall–Kier alpha value is -4.74. The van der Waals surface area contributed by atoms with Gasteiger partial charge in [0, 0.05) is 46.6 Å². The summed E-state index contributed by atoms with van der Waals surface area (Å²) >= 11 is 1.57. The van der Waals surface area contributed by atoms with Gasteiger partial charge in [0.15, 0.2) is 5.69 Å². The number of amides is 2. The summed E-state index contributed by atoms with van der Waals surface area (Å²) in [5.41, 5.74) is 10.0. The van der Waals surface area contributed by atoms with Crippen LogP contribution in [0.25, 0.3) is 21.6 Å². The van der Waals surface area contributed by atoms with E-state index in [4.69, 9.17) is 19.9 Å². The summed E-state index contributed by atoms with van der Waals surface area (Å²) < 4.78 is 17.0. The van der Waals surface area contributed by atoms with E-state index in [-0.39, 0.29) is 17.0 Å². The molecule has 0 bridgehead atoms. The Morgan fingerprint density at radius 3 is 2.61 bits per heavy atom. The average Bonchev–Trinajstić information content (AvgIpc) is 3.44. The first-order valence-electron chi connectivity index (χ1n) is 14.4. The smallest absolute Gasteiger partial charge is 0.357 e. The molecule has 5 rings (SSSR count). The molecule has 0 atom stereocenters. The number of nitrogens with zero attached hydrogens (tertiary/aromatic N) is 1. The molecule has 1 aliphatic rings. The van der Waals surface area contributed by atoms with Gasteiger partial charge >= 0.3 is 5.97 Å². The third-order valence-electron chi connectivity index (χ3n) is 7.15. The second kappa shape index (κ2) is 13.7. The second-order valence-corrected chi connectivity index (χ2v) is 10.9. The number of carbonyl (C=O) groups is 3. The normalized spacial score (nSPS) is 11.8. The number of fused-ring (bicyclic) bond motifs is 3. The van der Waals surface area contributed by atoms with Crippen LogP contribution >= 0.6 is 11.3 Å². The highest BCUT2D eigenvalue weighted by Gasteiger charge is 2.27. The van der Waals surface area contributed by atoms with E-state index >= 15 is 0 Å². The molecule has 0 fully saturated rings. The van der Waals surface area contributed by atoms with Gasteiger partial charge in [-0.3, -0.25) is 9.59 Å². The molecule has 1 aliphatic heterocycles. The van der Waals surface area contributed by atoms with E-state index in [9.17, 15) is 14.4 Å². The van der Waals surface area contributed by atoms with Crippen LogP contribution in [0.2, 0.25) is 0 Å². The van der Waals surface area contributed by atoms with E-state index in [2.05, 4.69) is 21.7 Å².